The minimum absolute atomic E-state index is 0.0297. The van der Waals surface area contributed by atoms with E-state index in [-0.39, 0.29) is 11.9 Å². The fraction of sp³-hybridized carbons (Fsp3) is 0.462. The number of likely N-dealkylation sites (N-methyl/N-ethyl adjacent to an activating group) is 1. The molecule has 1 amide bonds. The van der Waals surface area contributed by atoms with Crippen molar-refractivity contribution in [1.82, 2.24) is 15.3 Å². The average molecular weight is 248 g/mol. The van der Waals surface area contributed by atoms with E-state index in [9.17, 15) is 4.79 Å². The second-order valence-corrected chi connectivity index (χ2v) is 4.80. The largest absolute Gasteiger partial charge is 0.399 e. The molecule has 1 aromatic carbocycles. The normalized spacial score (nSPS) is 21.8. The van der Waals surface area contributed by atoms with Gasteiger partial charge in [0.15, 0.2) is 0 Å². The number of carbonyl (C=O) groups excluding carboxylic acids is 1. The second kappa shape index (κ2) is 5.37. The van der Waals surface area contributed by atoms with Gasteiger partial charge in [-0.25, -0.2) is 10.0 Å². The van der Waals surface area contributed by atoms with Gasteiger partial charge in [0.05, 0.1) is 0 Å². The Morgan fingerprint density at radius 1 is 1.28 bits per heavy atom. The van der Waals surface area contributed by atoms with Crippen LogP contribution in [0, 0.1) is 0 Å². The van der Waals surface area contributed by atoms with Gasteiger partial charge < -0.3 is 11.1 Å². The Bertz CT molecular complexity index is 418. The number of anilines is 1. The fourth-order valence-electron chi connectivity index (χ4n) is 2.08. The highest BCUT2D eigenvalue weighted by Gasteiger charge is 2.22. The van der Waals surface area contributed by atoms with Crippen LogP contribution in [0.4, 0.5) is 5.69 Å². The molecule has 18 heavy (non-hydrogen) atoms. The number of nitrogens with one attached hydrogen (secondary N) is 1. The van der Waals surface area contributed by atoms with Gasteiger partial charge in [0.25, 0.3) is 5.91 Å². The Morgan fingerprint density at radius 3 is 2.56 bits per heavy atom. The SMILES string of the molecule is CN1CCC(NC(=O)c2ccc(N)cc2)CN1C. The lowest BCUT2D eigenvalue weighted by Crippen LogP contribution is -2.53. The standard InChI is InChI=1S/C13H20N4O/c1-16-8-7-12(9-17(16)2)15-13(18)10-3-5-11(14)6-4-10/h3-6,12H,7-9,14H2,1-2H3,(H,15,18). The predicted molar refractivity (Wildman–Crippen MR) is 72.0 cm³/mol. The minimum atomic E-state index is -0.0297. The van der Waals surface area contributed by atoms with Crippen molar-refractivity contribution in [3.05, 3.63) is 29.8 Å². The first-order chi connectivity index (χ1) is 8.56. The van der Waals surface area contributed by atoms with Crippen molar-refractivity contribution in [2.75, 3.05) is 32.9 Å². The third kappa shape index (κ3) is 3.00. The monoisotopic (exact) mass is 248 g/mol. The number of rotatable bonds is 2. The molecule has 3 N–H and O–H groups in total. The van der Waals surface area contributed by atoms with Crippen molar-refractivity contribution in [3.63, 3.8) is 0 Å². The first-order valence-electron chi connectivity index (χ1n) is 6.15. The van der Waals surface area contributed by atoms with Crippen LogP contribution in [0.3, 0.4) is 0 Å². The molecule has 0 saturated carbocycles. The van der Waals surface area contributed by atoms with Gasteiger partial charge in [-0.1, -0.05) is 0 Å². The second-order valence-electron chi connectivity index (χ2n) is 4.80. The molecule has 1 aliphatic rings. The number of hydrogen-bond acceptors (Lipinski definition) is 4. The molecule has 0 spiro atoms. The van der Waals surface area contributed by atoms with Gasteiger partial charge in [-0.15, -0.1) is 0 Å². The van der Waals surface area contributed by atoms with Crippen molar-refractivity contribution in [2.24, 2.45) is 0 Å². The summed E-state index contributed by atoms with van der Waals surface area (Å²) in [4.78, 5) is 12.0. The van der Waals surface area contributed by atoms with E-state index in [2.05, 4.69) is 22.4 Å². The molecular formula is C13H20N4O. The summed E-state index contributed by atoms with van der Waals surface area (Å²) in [5.41, 5.74) is 6.93. The highest BCUT2D eigenvalue weighted by atomic mass is 16.1. The zero-order valence-electron chi connectivity index (χ0n) is 10.9. The van der Waals surface area contributed by atoms with E-state index < -0.39 is 0 Å². The molecule has 1 unspecified atom stereocenters. The zero-order valence-corrected chi connectivity index (χ0v) is 10.9. The van der Waals surface area contributed by atoms with Crippen molar-refractivity contribution in [2.45, 2.75) is 12.5 Å². The van der Waals surface area contributed by atoms with Gasteiger partial charge in [0.1, 0.15) is 0 Å². The summed E-state index contributed by atoms with van der Waals surface area (Å²) in [7, 11) is 4.08. The Morgan fingerprint density at radius 2 is 1.94 bits per heavy atom. The van der Waals surface area contributed by atoms with Gasteiger partial charge >= 0.3 is 0 Å². The summed E-state index contributed by atoms with van der Waals surface area (Å²) >= 11 is 0. The Labute approximate surface area is 108 Å². The lowest BCUT2D eigenvalue weighted by atomic mass is 10.1. The quantitative estimate of drug-likeness (QED) is 0.750. The van der Waals surface area contributed by atoms with Crippen molar-refractivity contribution < 1.29 is 4.79 Å². The molecule has 5 nitrogen and oxygen atoms in total. The molecule has 0 aromatic heterocycles. The van der Waals surface area contributed by atoms with Crippen LogP contribution >= 0.6 is 0 Å². The number of nitrogen functional groups attached to an aromatic ring is 1. The Hall–Kier alpha value is -1.59. The van der Waals surface area contributed by atoms with E-state index in [1.165, 1.54) is 0 Å². The van der Waals surface area contributed by atoms with Gasteiger partial charge in [0, 0.05) is 44.5 Å². The molecule has 0 aliphatic carbocycles. The number of hydrogen-bond donors (Lipinski definition) is 2. The third-order valence-corrected chi connectivity index (χ3v) is 3.38. The van der Waals surface area contributed by atoms with Crippen molar-refractivity contribution >= 4 is 11.6 Å². The van der Waals surface area contributed by atoms with Gasteiger partial charge in [-0.2, -0.15) is 0 Å². The van der Waals surface area contributed by atoms with Gasteiger partial charge in [-0.3, -0.25) is 4.79 Å². The number of benzene rings is 1. The molecule has 1 aliphatic heterocycles. The maximum atomic E-state index is 12.0. The highest BCUT2D eigenvalue weighted by molar-refractivity contribution is 5.94. The van der Waals surface area contributed by atoms with Crippen LogP contribution in [0.1, 0.15) is 16.8 Å². The summed E-state index contributed by atoms with van der Waals surface area (Å²) in [6, 6.07) is 7.20. The highest BCUT2D eigenvalue weighted by Crippen LogP contribution is 2.09. The third-order valence-electron chi connectivity index (χ3n) is 3.38. The summed E-state index contributed by atoms with van der Waals surface area (Å²) in [6.45, 7) is 1.81. The number of nitrogens with two attached hydrogens (primary N) is 1. The van der Waals surface area contributed by atoms with Crippen LogP contribution in [0.25, 0.3) is 0 Å². The fourth-order valence-corrected chi connectivity index (χ4v) is 2.08. The van der Waals surface area contributed by atoms with E-state index in [0.717, 1.165) is 19.5 Å². The molecular weight excluding hydrogens is 228 g/mol. The summed E-state index contributed by atoms with van der Waals surface area (Å²) < 4.78 is 0. The number of amides is 1. The lowest BCUT2D eigenvalue weighted by molar-refractivity contribution is -0.0146. The van der Waals surface area contributed by atoms with Crippen LogP contribution in [-0.2, 0) is 0 Å². The Kier molecular flexibility index (Phi) is 3.84. The summed E-state index contributed by atoms with van der Waals surface area (Å²) in [5, 5.41) is 7.34. The molecule has 1 heterocycles. The van der Waals surface area contributed by atoms with Crippen LogP contribution in [0.5, 0.6) is 0 Å². The van der Waals surface area contributed by atoms with E-state index in [1.54, 1.807) is 24.3 Å². The summed E-state index contributed by atoms with van der Waals surface area (Å²) in [6.07, 6.45) is 0.974. The van der Waals surface area contributed by atoms with E-state index in [4.69, 9.17) is 5.73 Å². The predicted octanol–water partition coefficient (Wildman–Crippen LogP) is 0.549. The van der Waals surface area contributed by atoms with Gasteiger partial charge in [-0.05, 0) is 30.7 Å². The zero-order chi connectivity index (χ0) is 13.1. The molecule has 98 valence electrons. The molecule has 2 rings (SSSR count). The number of carbonyl (C=O) groups is 1. The first-order valence-corrected chi connectivity index (χ1v) is 6.15. The molecule has 1 atom stereocenters. The van der Waals surface area contributed by atoms with E-state index >= 15 is 0 Å². The lowest BCUT2D eigenvalue weighted by Gasteiger charge is -2.37. The van der Waals surface area contributed by atoms with Crippen LogP contribution in [0.2, 0.25) is 0 Å². The summed E-state index contributed by atoms with van der Waals surface area (Å²) in [5.74, 6) is -0.0297. The van der Waals surface area contributed by atoms with Crippen molar-refractivity contribution in [3.8, 4) is 0 Å². The molecule has 0 bridgehead atoms. The molecule has 0 radical (unpaired) electrons. The van der Waals surface area contributed by atoms with E-state index in [1.807, 2.05) is 7.05 Å². The first kappa shape index (κ1) is 12.9. The maximum absolute atomic E-state index is 12.0. The van der Waals surface area contributed by atoms with E-state index in [0.29, 0.717) is 11.3 Å². The molecule has 1 saturated heterocycles. The molecule has 5 heteroatoms. The maximum Gasteiger partial charge on any atom is 0.251 e. The van der Waals surface area contributed by atoms with Gasteiger partial charge in [0.2, 0.25) is 0 Å². The number of hydrazine groups is 1. The van der Waals surface area contributed by atoms with Crippen LogP contribution < -0.4 is 11.1 Å². The van der Waals surface area contributed by atoms with Crippen LogP contribution in [-0.4, -0.2) is 49.2 Å². The smallest absolute Gasteiger partial charge is 0.251 e. The Balaban J connectivity index is 1.93. The topological polar surface area (TPSA) is 61.6 Å². The van der Waals surface area contributed by atoms with Crippen molar-refractivity contribution in [1.29, 1.82) is 0 Å². The molecule has 1 fully saturated rings. The minimum Gasteiger partial charge on any atom is -0.399 e. The van der Waals surface area contributed by atoms with Crippen LogP contribution in [0.15, 0.2) is 24.3 Å². The molecule has 1 aromatic rings. The average Bonchev–Trinajstić information content (AvgIpc) is 2.34. The number of nitrogens with zero attached hydrogens (tertiary/aromatic N) is 2.